The van der Waals surface area contributed by atoms with Crippen LogP contribution in [0, 0.1) is 0 Å². The van der Waals surface area contributed by atoms with Gasteiger partial charge in [0.25, 0.3) is 0 Å². The van der Waals surface area contributed by atoms with Crippen molar-refractivity contribution in [1.29, 1.82) is 0 Å². The Bertz CT molecular complexity index is 696. The maximum Gasteiger partial charge on any atom is 0.229 e. The minimum Gasteiger partial charge on any atom is -0.367 e. The van der Waals surface area contributed by atoms with Gasteiger partial charge in [0.05, 0.1) is 11.6 Å². The molecule has 0 radical (unpaired) electrons. The van der Waals surface area contributed by atoms with Crippen molar-refractivity contribution in [2.75, 3.05) is 43.4 Å². The predicted octanol–water partition coefficient (Wildman–Crippen LogP) is 1.86. The van der Waals surface area contributed by atoms with Gasteiger partial charge in [0.1, 0.15) is 5.82 Å². The zero-order valence-corrected chi connectivity index (χ0v) is 14.7. The number of hydrogen-bond acceptors (Lipinski definition) is 6. The summed E-state index contributed by atoms with van der Waals surface area (Å²) in [7, 11) is 4.12. The van der Waals surface area contributed by atoms with Crippen LogP contribution in [0.25, 0.3) is 11.0 Å². The number of anilines is 2. The lowest BCUT2D eigenvalue weighted by Gasteiger charge is -2.32. The molecule has 1 aliphatic heterocycles. The maximum absolute atomic E-state index is 4.89. The second kappa shape index (κ2) is 6.55. The fraction of sp³-hybridized carbons (Fsp3) is 0.706. The molecule has 2 aromatic heterocycles. The molecule has 0 aromatic carbocycles. The van der Waals surface area contributed by atoms with Crippen LogP contribution >= 0.6 is 0 Å². The van der Waals surface area contributed by atoms with Gasteiger partial charge in [-0.25, -0.2) is 0 Å². The van der Waals surface area contributed by atoms with Crippen LogP contribution in [0.15, 0.2) is 6.20 Å². The first-order valence-electron chi connectivity index (χ1n) is 9.10. The Morgan fingerprint density at radius 3 is 2.50 bits per heavy atom. The van der Waals surface area contributed by atoms with E-state index in [-0.39, 0.29) is 0 Å². The SMILES string of the molecule is CN1CCN(c2nc(NC3CCCCC3)c3cnn(C)c3n2)CC1. The molecule has 0 spiro atoms. The van der Waals surface area contributed by atoms with Crippen LogP contribution in [0.4, 0.5) is 11.8 Å². The van der Waals surface area contributed by atoms with Gasteiger partial charge < -0.3 is 15.1 Å². The number of aromatic nitrogens is 4. The summed E-state index contributed by atoms with van der Waals surface area (Å²) in [6, 6.07) is 0.525. The highest BCUT2D eigenvalue weighted by atomic mass is 15.4. The number of aryl methyl sites for hydroxylation is 1. The highest BCUT2D eigenvalue weighted by Gasteiger charge is 2.21. The molecule has 0 amide bonds. The largest absolute Gasteiger partial charge is 0.367 e. The van der Waals surface area contributed by atoms with E-state index in [2.05, 4.69) is 27.3 Å². The van der Waals surface area contributed by atoms with Gasteiger partial charge in [-0.05, 0) is 19.9 Å². The topological polar surface area (TPSA) is 62.1 Å². The first-order chi connectivity index (χ1) is 11.7. The summed E-state index contributed by atoms with van der Waals surface area (Å²) in [4.78, 5) is 14.3. The third-order valence-electron chi connectivity index (χ3n) is 5.31. The second-order valence-corrected chi connectivity index (χ2v) is 7.15. The van der Waals surface area contributed by atoms with Gasteiger partial charge in [0.2, 0.25) is 5.95 Å². The minimum atomic E-state index is 0.525. The molecule has 130 valence electrons. The molecule has 0 bridgehead atoms. The summed E-state index contributed by atoms with van der Waals surface area (Å²) in [6.07, 6.45) is 8.32. The number of nitrogens with one attached hydrogen (secondary N) is 1. The van der Waals surface area contributed by atoms with Crippen LogP contribution in [0.3, 0.4) is 0 Å². The van der Waals surface area contributed by atoms with E-state index in [1.807, 2.05) is 17.9 Å². The molecule has 2 aromatic rings. The van der Waals surface area contributed by atoms with E-state index in [0.717, 1.165) is 49.0 Å². The quantitative estimate of drug-likeness (QED) is 0.927. The van der Waals surface area contributed by atoms with Gasteiger partial charge in [-0.3, -0.25) is 4.68 Å². The molecule has 1 aliphatic carbocycles. The van der Waals surface area contributed by atoms with Gasteiger partial charge >= 0.3 is 0 Å². The standard InChI is InChI=1S/C17H27N7/c1-22-8-10-24(11-9-22)17-20-15(19-13-6-4-3-5-7-13)14-12-18-23(2)16(14)21-17/h12-13H,3-11H2,1-2H3,(H,19,20,21). The monoisotopic (exact) mass is 329 g/mol. The van der Waals surface area contributed by atoms with E-state index in [9.17, 15) is 0 Å². The smallest absolute Gasteiger partial charge is 0.229 e. The Kier molecular flexibility index (Phi) is 4.26. The summed E-state index contributed by atoms with van der Waals surface area (Å²) in [5.74, 6) is 1.78. The molecular formula is C17H27N7. The van der Waals surface area contributed by atoms with Crippen LogP contribution in [-0.2, 0) is 7.05 Å². The lowest BCUT2D eigenvalue weighted by Crippen LogP contribution is -2.45. The summed E-state index contributed by atoms with van der Waals surface area (Å²) < 4.78 is 1.85. The van der Waals surface area contributed by atoms with Crippen LogP contribution in [0.1, 0.15) is 32.1 Å². The maximum atomic E-state index is 4.89. The van der Waals surface area contributed by atoms with Gasteiger partial charge in [-0.2, -0.15) is 15.1 Å². The molecule has 2 fully saturated rings. The van der Waals surface area contributed by atoms with Crippen molar-refractivity contribution in [3.8, 4) is 0 Å². The molecule has 7 nitrogen and oxygen atoms in total. The Morgan fingerprint density at radius 1 is 1.00 bits per heavy atom. The van der Waals surface area contributed by atoms with E-state index in [4.69, 9.17) is 9.97 Å². The van der Waals surface area contributed by atoms with Crippen molar-refractivity contribution in [3.05, 3.63) is 6.20 Å². The summed E-state index contributed by atoms with van der Waals surface area (Å²) >= 11 is 0. The Morgan fingerprint density at radius 2 is 1.75 bits per heavy atom. The fourth-order valence-corrected chi connectivity index (χ4v) is 3.71. The zero-order chi connectivity index (χ0) is 16.5. The highest BCUT2D eigenvalue weighted by molar-refractivity contribution is 5.87. The molecule has 3 heterocycles. The van der Waals surface area contributed by atoms with Gasteiger partial charge in [-0.15, -0.1) is 0 Å². The Labute approximate surface area is 143 Å². The zero-order valence-electron chi connectivity index (χ0n) is 14.7. The summed E-state index contributed by atoms with van der Waals surface area (Å²) in [5, 5.41) is 9.11. The number of likely N-dealkylation sites (N-methyl/N-ethyl adjacent to an activating group) is 1. The molecule has 4 rings (SSSR count). The average molecular weight is 329 g/mol. The first kappa shape index (κ1) is 15.6. The second-order valence-electron chi connectivity index (χ2n) is 7.15. The third kappa shape index (κ3) is 3.05. The van der Waals surface area contributed by atoms with Crippen LogP contribution < -0.4 is 10.2 Å². The van der Waals surface area contributed by atoms with Crippen molar-refractivity contribution < 1.29 is 0 Å². The minimum absolute atomic E-state index is 0.525. The predicted molar refractivity (Wildman–Crippen MR) is 96.5 cm³/mol. The summed E-state index contributed by atoms with van der Waals surface area (Å²) in [6.45, 7) is 4.06. The summed E-state index contributed by atoms with van der Waals surface area (Å²) in [5.41, 5.74) is 0.914. The number of nitrogens with zero attached hydrogens (tertiary/aromatic N) is 6. The lowest BCUT2D eigenvalue weighted by molar-refractivity contribution is 0.311. The van der Waals surface area contributed by atoms with E-state index in [1.165, 1.54) is 32.1 Å². The Balaban J connectivity index is 1.66. The Hall–Kier alpha value is -1.89. The number of piperazine rings is 1. The molecule has 1 N–H and O–H groups in total. The molecule has 0 unspecified atom stereocenters. The van der Waals surface area contributed by atoms with Crippen LogP contribution in [0.5, 0.6) is 0 Å². The highest BCUT2D eigenvalue weighted by Crippen LogP contribution is 2.27. The van der Waals surface area contributed by atoms with E-state index >= 15 is 0 Å². The van der Waals surface area contributed by atoms with Crippen molar-refractivity contribution in [1.82, 2.24) is 24.6 Å². The first-order valence-corrected chi connectivity index (χ1v) is 9.10. The molecule has 24 heavy (non-hydrogen) atoms. The molecule has 2 aliphatic rings. The van der Waals surface area contributed by atoms with Gasteiger partial charge in [-0.1, -0.05) is 19.3 Å². The molecular weight excluding hydrogens is 302 g/mol. The number of rotatable bonds is 3. The molecule has 1 saturated heterocycles. The van der Waals surface area contributed by atoms with Gasteiger partial charge in [0.15, 0.2) is 5.65 Å². The fourth-order valence-electron chi connectivity index (χ4n) is 3.71. The third-order valence-corrected chi connectivity index (χ3v) is 5.31. The van der Waals surface area contributed by atoms with E-state index < -0.39 is 0 Å². The molecule has 7 heteroatoms. The van der Waals surface area contributed by atoms with Gasteiger partial charge in [0, 0.05) is 39.3 Å². The van der Waals surface area contributed by atoms with E-state index in [1.54, 1.807) is 0 Å². The lowest BCUT2D eigenvalue weighted by atomic mass is 9.95. The number of fused-ring (bicyclic) bond motifs is 1. The van der Waals surface area contributed by atoms with Crippen LogP contribution in [-0.4, -0.2) is 63.9 Å². The average Bonchev–Trinajstić information content (AvgIpc) is 2.98. The van der Waals surface area contributed by atoms with Crippen molar-refractivity contribution in [2.45, 2.75) is 38.1 Å². The molecule has 0 atom stereocenters. The normalized spacial score (nSPS) is 20.7. The molecule has 1 saturated carbocycles. The van der Waals surface area contributed by atoms with E-state index in [0.29, 0.717) is 6.04 Å². The van der Waals surface area contributed by atoms with Crippen molar-refractivity contribution in [3.63, 3.8) is 0 Å². The van der Waals surface area contributed by atoms with Crippen molar-refractivity contribution in [2.24, 2.45) is 7.05 Å². The number of hydrogen-bond donors (Lipinski definition) is 1. The van der Waals surface area contributed by atoms with Crippen LogP contribution in [0.2, 0.25) is 0 Å². The van der Waals surface area contributed by atoms with Crippen molar-refractivity contribution >= 4 is 22.8 Å².